The molecule has 15 heavy (non-hydrogen) atoms. The van der Waals surface area contributed by atoms with Crippen molar-refractivity contribution >= 4 is 5.97 Å². The Morgan fingerprint density at radius 1 is 1.53 bits per heavy atom. The molecule has 1 atom stereocenters. The lowest BCUT2D eigenvalue weighted by Crippen LogP contribution is -2.38. The molecular weight excluding hydrogens is 211 g/mol. The monoisotopic (exact) mass is 223 g/mol. The Bertz CT molecular complexity index is 263. The van der Waals surface area contributed by atoms with E-state index in [1.165, 1.54) is 0 Å². The van der Waals surface area contributed by atoms with Crippen LogP contribution in [0.1, 0.15) is 25.7 Å². The third kappa shape index (κ3) is 3.91. The van der Waals surface area contributed by atoms with E-state index in [9.17, 15) is 18.0 Å². The van der Waals surface area contributed by atoms with Gasteiger partial charge < -0.3 is 4.84 Å². The van der Waals surface area contributed by atoms with Crippen molar-refractivity contribution in [1.29, 1.82) is 0 Å². The van der Waals surface area contributed by atoms with Crippen LogP contribution in [-0.4, -0.2) is 18.2 Å². The molecule has 1 aliphatic carbocycles. The van der Waals surface area contributed by atoms with E-state index in [0.29, 0.717) is 12.8 Å². The highest BCUT2D eigenvalue weighted by Gasteiger charge is 2.41. The van der Waals surface area contributed by atoms with E-state index >= 15 is 0 Å². The molecule has 1 aliphatic rings. The maximum atomic E-state index is 11.7. The minimum atomic E-state index is -4.95. The molecule has 0 heterocycles. The van der Waals surface area contributed by atoms with Crippen molar-refractivity contribution in [2.24, 2.45) is 0 Å². The first-order chi connectivity index (χ1) is 6.89. The Labute approximate surface area is 85.2 Å². The van der Waals surface area contributed by atoms with Gasteiger partial charge >= 0.3 is 12.1 Å². The van der Waals surface area contributed by atoms with E-state index < -0.39 is 12.1 Å². The summed E-state index contributed by atoms with van der Waals surface area (Å²) >= 11 is 0. The number of hydrogen-bond acceptors (Lipinski definition) is 3. The van der Waals surface area contributed by atoms with Crippen LogP contribution in [0.25, 0.3) is 0 Å². The molecule has 0 aromatic carbocycles. The summed E-state index contributed by atoms with van der Waals surface area (Å²) < 4.78 is 35.2. The zero-order valence-electron chi connectivity index (χ0n) is 8.06. The standard InChI is InChI=1S/C9H12F3NO2/c1-6-3-2-4-7(5-6)13-15-8(14)9(10,11)12/h7,13H,1-5H2/t7-/m1/s1. The summed E-state index contributed by atoms with van der Waals surface area (Å²) in [6.07, 6.45) is -1.99. The molecular formula is C9H12F3NO2. The van der Waals surface area contributed by atoms with Crippen molar-refractivity contribution in [3.63, 3.8) is 0 Å². The topological polar surface area (TPSA) is 38.3 Å². The van der Waals surface area contributed by atoms with Crippen LogP contribution in [-0.2, 0) is 9.63 Å². The lowest BCUT2D eigenvalue weighted by atomic mass is 9.92. The van der Waals surface area contributed by atoms with E-state index in [0.717, 1.165) is 18.4 Å². The first-order valence-electron chi connectivity index (χ1n) is 4.60. The Balaban J connectivity index is 2.31. The van der Waals surface area contributed by atoms with E-state index in [1.807, 2.05) is 0 Å². The summed E-state index contributed by atoms with van der Waals surface area (Å²) in [6.45, 7) is 3.74. The van der Waals surface area contributed by atoms with Crippen molar-refractivity contribution in [1.82, 2.24) is 5.48 Å². The second-order valence-corrected chi connectivity index (χ2v) is 3.55. The van der Waals surface area contributed by atoms with E-state index in [4.69, 9.17) is 0 Å². The van der Waals surface area contributed by atoms with Crippen LogP contribution in [0.5, 0.6) is 0 Å². The molecule has 1 saturated carbocycles. The smallest absolute Gasteiger partial charge is 0.363 e. The predicted octanol–water partition coefficient (Wildman–Crippen LogP) is 2.10. The molecule has 1 rings (SSSR count). The molecule has 0 unspecified atom stereocenters. The summed E-state index contributed by atoms with van der Waals surface area (Å²) in [4.78, 5) is 14.3. The molecule has 1 N–H and O–H groups in total. The van der Waals surface area contributed by atoms with Gasteiger partial charge in [0.2, 0.25) is 0 Å². The van der Waals surface area contributed by atoms with Crippen LogP contribution in [0.15, 0.2) is 12.2 Å². The predicted molar refractivity (Wildman–Crippen MR) is 46.7 cm³/mol. The molecule has 0 radical (unpaired) electrons. The number of carbonyl (C=O) groups excluding carboxylic acids is 1. The second kappa shape index (κ2) is 4.65. The van der Waals surface area contributed by atoms with Gasteiger partial charge in [-0.25, -0.2) is 4.79 Å². The fourth-order valence-electron chi connectivity index (χ4n) is 1.45. The summed E-state index contributed by atoms with van der Waals surface area (Å²) in [5.41, 5.74) is 3.09. The zero-order valence-corrected chi connectivity index (χ0v) is 8.06. The summed E-state index contributed by atoms with van der Waals surface area (Å²) in [5.74, 6) is -2.21. The van der Waals surface area contributed by atoms with Crippen molar-refractivity contribution < 1.29 is 22.8 Å². The number of hydroxylamine groups is 1. The third-order valence-electron chi connectivity index (χ3n) is 2.17. The SMILES string of the molecule is C=C1CCC[C@@H](NOC(=O)C(F)(F)F)C1. The highest BCUT2D eigenvalue weighted by Crippen LogP contribution is 2.22. The van der Waals surface area contributed by atoms with Crippen molar-refractivity contribution in [2.75, 3.05) is 0 Å². The number of rotatable bonds is 2. The van der Waals surface area contributed by atoms with E-state index in [2.05, 4.69) is 16.9 Å². The number of nitrogens with one attached hydrogen (secondary N) is 1. The number of hydrogen-bond donors (Lipinski definition) is 1. The van der Waals surface area contributed by atoms with Gasteiger partial charge in [0.15, 0.2) is 0 Å². The second-order valence-electron chi connectivity index (χ2n) is 3.55. The average Bonchev–Trinajstić information content (AvgIpc) is 2.12. The Hall–Kier alpha value is -1.04. The molecule has 6 heteroatoms. The molecule has 1 fully saturated rings. The van der Waals surface area contributed by atoms with Crippen LogP contribution in [0.3, 0.4) is 0 Å². The summed E-state index contributed by atoms with van der Waals surface area (Å²) in [6, 6.07) is -0.252. The maximum absolute atomic E-state index is 11.7. The van der Waals surface area contributed by atoms with Gasteiger partial charge in [-0.3, -0.25) is 0 Å². The van der Waals surface area contributed by atoms with Crippen molar-refractivity contribution in [3.05, 3.63) is 12.2 Å². The Morgan fingerprint density at radius 2 is 2.20 bits per heavy atom. The Kier molecular flexibility index (Phi) is 3.73. The average molecular weight is 223 g/mol. The molecule has 86 valence electrons. The van der Waals surface area contributed by atoms with Crippen molar-refractivity contribution in [3.8, 4) is 0 Å². The molecule has 0 aromatic heterocycles. The van der Waals surface area contributed by atoms with Gasteiger partial charge in [0.1, 0.15) is 0 Å². The molecule has 0 spiro atoms. The highest BCUT2D eigenvalue weighted by atomic mass is 19.4. The lowest BCUT2D eigenvalue weighted by Gasteiger charge is -2.23. The van der Waals surface area contributed by atoms with Crippen molar-refractivity contribution in [2.45, 2.75) is 37.9 Å². The zero-order chi connectivity index (χ0) is 11.5. The first-order valence-corrected chi connectivity index (χ1v) is 4.60. The quantitative estimate of drug-likeness (QED) is 0.575. The Morgan fingerprint density at radius 3 is 2.73 bits per heavy atom. The van der Waals surface area contributed by atoms with Gasteiger partial charge in [-0.2, -0.15) is 13.2 Å². The first kappa shape index (κ1) is 12.0. The minimum absolute atomic E-state index is 0.252. The van der Waals surface area contributed by atoms with Crippen LogP contribution in [0.2, 0.25) is 0 Å². The van der Waals surface area contributed by atoms with Gasteiger partial charge in [0.25, 0.3) is 0 Å². The minimum Gasteiger partial charge on any atom is -0.363 e. The van der Waals surface area contributed by atoms with Gasteiger partial charge in [0.05, 0.1) is 0 Å². The normalized spacial score (nSPS) is 22.6. The molecule has 0 saturated heterocycles. The summed E-state index contributed by atoms with van der Waals surface area (Å²) in [5, 5.41) is 0. The van der Waals surface area contributed by atoms with Crippen LogP contribution < -0.4 is 5.48 Å². The largest absolute Gasteiger partial charge is 0.492 e. The van der Waals surface area contributed by atoms with Gasteiger partial charge in [-0.05, 0) is 25.7 Å². The van der Waals surface area contributed by atoms with Crippen LogP contribution in [0, 0.1) is 0 Å². The third-order valence-corrected chi connectivity index (χ3v) is 2.17. The van der Waals surface area contributed by atoms with Crippen LogP contribution >= 0.6 is 0 Å². The fourth-order valence-corrected chi connectivity index (χ4v) is 1.45. The molecule has 0 amide bonds. The lowest BCUT2D eigenvalue weighted by molar-refractivity contribution is -0.208. The van der Waals surface area contributed by atoms with Gasteiger partial charge in [-0.1, -0.05) is 12.2 Å². The highest BCUT2D eigenvalue weighted by molar-refractivity contribution is 5.75. The van der Waals surface area contributed by atoms with E-state index in [-0.39, 0.29) is 6.04 Å². The van der Waals surface area contributed by atoms with Gasteiger partial charge in [-0.15, -0.1) is 5.48 Å². The van der Waals surface area contributed by atoms with E-state index in [1.54, 1.807) is 0 Å². The van der Waals surface area contributed by atoms with Crippen LogP contribution in [0.4, 0.5) is 13.2 Å². The fraction of sp³-hybridized carbons (Fsp3) is 0.667. The number of alkyl halides is 3. The molecule has 0 aliphatic heterocycles. The molecule has 3 nitrogen and oxygen atoms in total. The van der Waals surface area contributed by atoms with Gasteiger partial charge in [0, 0.05) is 6.04 Å². The summed E-state index contributed by atoms with van der Waals surface area (Å²) in [7, 11) is 0. The number of carbonyl (C=O) groups is 1. The maximum Gasteiger partial charge on any atom is 0.492 e. The molecule has 0 aromatic rings. The molecule has 0 bridgehead atoms. The number of halogens is 3.